The monoisotopic (exact) mass is 187 g/mol. The molecule has 1 fully saturated rings. The largest absolute Gasteiger partial charge is 0.456 e. The van der Waals surface area contributed by atoms with Crippen LogP contribution < -0.4 is 0 Å². The summed E-state index contributed by atoms with van der Waals surface area (Å²) in [7, 11) is -1.22. The molecule has 0 amide bonds. The van der Waals surface area contributed by atoms with Gasteiger partial charge in [-0.2, -0.15) is 0 Å². The van der Waals surface area contributed by atoms with E-state index in [1.54, 1.807) is 0 Å². The Labute approximate surface area is 79.6 Å². The number of hydrogen-bond donors (Lipinski definition) is 2. The number of rotatable bonds is 3. The third-order valence-electron chi connectivity index (χ3n) is 2.85. The van der Waals surface area contributed by atoms with Crippen LogP contribution in [0.15, 0.2) is 0 Å². The van der Waals surface area contributed by atoms with Crippen LogP contribution in [0.5, 0.6) is 0 Å². The Bertz CT molecular complexity index is 150. The molecule has 0 spiro atoms. The minimum atomic E-state index is -1.22. The SMILES string of the molecule is CC(B(O)O)[C@H](C)N1CCOCC1. The molecular formula is C8H18BNO3. The molecule has 2 N–H and O–H groups in total. The highest BCUT2D eigenvalue weighted by molar-refractivity contribution is 6.43. The van der Waals surface area contributed by atoms with Crippen LogP contribution in [0.3, 0.4) is 0 Å². The van der Waals surface area contributed by atoms with E-state index in [2.05, 4.69) is 4.90 Å². The fourth-order valence-electron chi connectivity index (χ4n) is 1.57. The van der Waals surface area contributed by atoms with E-state index >= 15 is 0 Å². The Hall–Kier alpha value is -0.0951. The standard InChI is InChI=1S/C8H18BNO3/c1-7(9(11)12)8(2)10-3-5-13-6-4-10/h7-8,11-12H,3-6H2,1-2H3/t7?,8-/m0/s1. The number of nitrogens with zero attached hydrogens (tertiary/aromatic N) is 1. The highest BCUT2D eigenvalue weighted by Crippen LogP contribution is 2.18. The smallest absolute Gasteiger partial charge is 0.427 e. The highest BCUT2D eigenvalue weighted by atomic mass is 16.5. The maximum Gasteiger partial charge on any atom is 0.456 e. The first-order valence-corrected chi connectivity index (χ1v) is 4.81. The van der Waals surface area contributed by atoms with E-state index in [-0.39, 0.29) is 11.9 Å². The van der Waals surface area contributed by atoms with Gasteiger partial charge in [0, 0.05) is 24.9 Å². The lowest BCUT2D eigenvalue weighted by atomic mass is 9.70. The van der Waals surface area contributed by atoms with Gasteiger partial charge in [-0.05, 0) is 6.92 Å². The van der Waals surface area contributed by atoms with Gasteiger partial charge in [0.2, 0.25) is 0 Å². The van der Waals surface area contributed by atoms with Crippen molar-refractivity contribution in [1.29, 1.82) is 0 Å². The maximum absolute atomic E-state index is 9.02. The van der Waals surface area contributed by atoms with Crippen molar-refractivity contribution in [1.82, 2.24) is 4.90 Å². The Balaban J connectivity index is 2.40. The van der Waals surface area contributed by atoms with Crippen molar-refractivity contribution in [2.75, 3.05) is 26.3 Å². The van der Waals surface area contributed by atoms with Crippen LogP contribution in [0.2, 0.25) is 5.82 Å². The summed E-state index contributed by atoms with van der Waals surface area (Å²) in [6, 6.07) is 0.198. The molecule has 1 aliphatic heterocycles. The molecule has 1 heterocycles. The predicted molar refractivity (Wildman–Crippen MR) is 51.5 cm³/mol. The number of morpholine rings is 1. The van der Waals surface area contributed by atoms with Gasteiger partial charge in [0.1, 0.15) is 0 Å². The van der Waals surface area contributed by atoms with Crippen LogP contribution in [0.4, 0.5) is 0 Å². The molecule has 0 aliphatic carbocycles. The van der Waals surface area contributed by atoms with Gasteiger partial charge in [-0.15, -0.1) is 0 Å². The molecule has 76 valence electrons. The molecular weight excluding hydrogens is 169 g/mol. The molecule has 0 bridgehead atoms. The van der Waals surface area contributed by atoms with Crippen LogP contribution in [0.1, 0.15) is 13.8 Å². The zero-order valence-electron chi connectivity index (χ0n) is 8.31. The summed E-state index contributed by atoms with van der Waals surface area (Å²) in [5.41, 5.74) is 0. The van der Waals surface area contributed by atoms with Gasteiger partial charge in [0.25, 0.3) is 0 Å². The minimum absolute atomic E-state index is 0.113. The lowest BCUT2D eigenvalue weighted by Crippen LogP contribution is -2.46. The first-order valence-electron chi connectivity index (χ1n) is 4.81. The van der Waals surface area contributed by atoms with Crippen molar-refractivity contribution in [3.8, 4) is 0 Å². The third kappa shape index (κ3) is 2.95. The van der Waals surface area contributed by atoms with Crippen LogP contribution in [-0.2, 0) is 4.74 Å². The van der Waals surface area contributed by atoms with Crippen molar-refractivity contribution in [3.05, 3.63) is 0 Å². The molecule has 1 unspecified atom stereocenters. The van der Waals surface area contributed by atoms with Gasteiger partial charge in [-0.25, -0.2) is 0 Å². The van der Waals surface area contributed by atoms with Crippen LogP contribution in [0, 0.1) is 0 Å². The van der Waals surface area contributed by atoms with Crippen LogP contribution in [-0.4, -0.2) is 54.4 Å². The molecule has 0 aromatic carbocycles. The molecule has 1 rings (SSSR count). The fraction of sp³-hybridized carbons (Fsp3) is 1.00. The molecule has 0 radical (unpaired) electrons. The Morgan fingerprint density at radius 3 is 2.23 bits per heavy atom. The highest BCUT2D eigenvalue weighted by Gasteiger charge is 2.29. The molecule has 5 heteroatoms. The molecule has 4 nitrogen and oxygen atoms in total. The zero-order chi connectivity index (χ0) is 9.84. The summed E-state index contributed by atoms with van der Waals surface area (Å²) in [6.45, 7) is 7.15. The summed E-state index contributed by atoms with van der Waals surface area (Å²) in [5, 5.41) is 18.0. The zero-order valence-corrected chi connectivity index (χ0v) is 8.31. The molecule has 1 aliphatic rings. The summed E-state index contributed by atoms with van der Waals surface area (Å²) >= 11 is 0. The van der Waals surface area contributed by atoms with Gasteiger partial charge in [0.15, 0.2) is 0 Å². The molecule has 2 atom stereocenters. The van der Waals surface area contributed by atoms with Gasteiger partial charge < -0.3 is 14.8 Å². The van der Waals surface area contributed by atoms with E-state index in [0.29, 0.717) is 0 Å². The fourth-order valence-corrected chi connectivity index (χ4v) is 1.57. The molecule has 0 saturated carbocycles. The van der Waals surface area contributed by atoms with Crippen molar-refractivity contribution in [2.24, 2.45) is 0 Å². The third-order valence-corrected chi connectivity index (χ3v) is 2.85. The Morgan fingerprint density at radius 2 is 1.77 bits per heavy atom. The Morgan fingerprint density at radius 1 is 1.23 bits per heavy atom. The lowest BCUT2D eigenvalue weighted by molar-refractivity contribution is 0.0179. The van der Waals surface area contributed by atoms with Crippen molar-refractivity contribution in [3.63, 3.8) is 0 Å². The van der Waals surface area contributed by atoms with Crippen molar-refractivity contribution >= 4 is 7.12 Å². The summed E-state index contributed by atoms with van der Waals surface area (Å²) in [5.74, 6) is -0.113. The topological polar surface area (TPSA) is 52.9 Å². The van der Waals surface area contributed by atoms with Crippen LogP contribution >= 0.6 is 0 Å². The minimum Gasteiger partial charge on any atom is -0.427 e. The predicted octanol–water partition coefficient (Wildman–Crippen LogP) is -0.430. The average molecular weight is 187 g/mol. The van der Waals surface area contributed by atoms with Gasteiger partial charge in [-0.3, -0.25) is 4.90 Å². The molecule has 13 heavy (non-hydrogen) atoms. The normalized spacial score (nSPS) is 24.0. The Kier molecular flexibility index (Phi) is 4.19. The lowest BCUT2D eigenvalue weighted by Gasteiger charge is -2.35. The summed E-state index contributed by atoms with van der Waals surface area (Å²) in [4.78, 5) is 2.23. The first kappa shape index (κ1) is 11.0. The van der Waals surface area contributed by atoms with E-state index in [1.165, 1.54) is 0 Å². The van der Waals surface area contributed by atoms with Gasteiger partial charge >= 0.3 is 7.12 Å². The second-order valence-corrected chi connectivity index (χ2v) is 3.66. The molecule has 0 aromatic heterocycles. The summed E-state index contributed by atoms with van der Waals surface area (Å²) < 4.78 is 5.22. The van der Waals surface area contributed by atoms with Crippen LogP contribution in [0.25, 0.3) is 0 Å². The molecule has 0 aromatic rings. The van der Waals surface area contributed by atoms with Crippen molar-refractivity contribution < 1.29 is 14.8 Å². The van der Waals surface area contributed by atoms with E-state index in [9.17, 15) is 0 Å². The van der Waals surface area contributed by atoms with Gasteiger partial charge in [0.05, 0.1) is 13.2 Å². The second-order valence-electron chi connectivity index (χ2n) is 3.66. The van der Waals surface area contributed by atoms with Crippen molar-refractivity contribution in [2.45, 2.75) is 25.7 Å². The van der Waals surface area contributed by atoms with E-state index in [0.717, 1.165) is 26.3 Å². The summed E-state index contributed by atoms with van der Waals surface area (Å²) in [6.07, 6.45) is 0. The van der Waals surface area contributed by atoms with E-state index < -0.39 is 7.12 Å². The van der Waals surface area contributed by atoms with E-state index in [1.807, 2.05) is 13.8 Å². The number of ether oxygens (including phenoxy) is 1. The maximum atomic E-state index is 9.02. The average Bonchev–Trinajstić information content (AvgIpc) is 2.17. The quantitative estimate of drug-likeness (QED) is 0.588. The second kappa shape index (κ2) is 4.95. The number of hydrogen-bond acceptors (Lipinski definition) is 4. The van der Waals surface area contributed by atoms with E-state index in [4.69, 9.17) is 14.8 Å². The molecule has 1 saturated heterocycles. The van der Waals surface area contributed by atoms with Gasteiger partial charge in [-0.1, -0.05) is 6.92 Å². The first-order chi connectivity index (χ1) is 6.13.